The quantitative estimate of drug-likeness (QED) is 0.572. The summed E-state index contributed by atoms with van der Waals surface area (Å²) in [6.07, 6.45) is 8.46. The van der Waals surface area contributed by atoms with Crippen molar-refractivity contribution >= 4 is 21.9 Å². The molecule has 3 heteroatoms. The molecular formula is C17H21BrO2. The first-order valence-corrected chi connectivity index (χ1v) is 8.11. The maximum atomic E-state index is 11.5. The Hall–Kier alpha value is -1.09. The number of esters is 1. The van der Waals surface area contributed by atoms with Crippen LogP contribution in [0, 0.1) is 0 Å². The minimum Gasteiger partial charge on any atom is -0.459 e. The Morgan fingerprint density at radius 2 is 1.90 bits per heavy atom. The Balaban J connectivity index is 1.81. The standard InChI is InChI=1S/C17H21BrO2/c1-2-3-4-17(19)20-16-11-7-14(8-12-16)13-5-9-15(18)10-6-13/h3-6,9-10,14,16H,2,7-8,11-12H2,1H3. The van der Waals surface area contributed by atoms with E-state index < -0.39 is 0 Å². The molecule has 0 unspecified atom stereocenters. The lowest BCUT2D eigenvalue weighted by Crippen LogP contribution is -2.23. The number of benzene rings is 1. The number of carbonyl (C=O) groups excluding carboxylic acids is 1. The Kier molecular flexibility index (Phi) is 5.84. The molecule has 0 amide bonds. The molecular weight excluding hydrogens is 316 g/mol. The molecule has 0 atom stereocenters. The van der Waals surface area contributed by atoms with Gasteiger partial charge in [0.15, 0.2) is 0 Å². The molecule has 20 heavy (non-hydrogen) atoms. The van der Waals surface area contributed by atoms with Crippen LogP contribution in [0.4, 0.5) is 0 Å². The summed E-state index contributed by atoms with van der Waals surface area (Å²) >= 11 is 3.46. The number of halogens is 1. The van der Waals surface area contributed by atoms with E-state index in [-0.39, 0.29) is 12.1 Å². The van der Waals surface area contributed by atoms with Gasteiger partial charge >= 0.3 is 5.97 Å². The number of hydrogen-bond acceptors (Lipinski definition) is 2. The SMILES string of the molecule is CCC=CC(=O)OC1CCC(c2ccc(Br)cc2)CC1. The molecule has 1 aliphatic carbocycles. The fourth-order valence-corrected chi connectivity index (χ4v) is 2.93. The van der Waals surface area contributed by atoms with Gasteiger partial charge in [-0.25, -0.2) is 4.79 Å². The predicted octanol–water partition coefficient (Wildman–Crippen LogP) is 4.98. The molecule has 1 aromatic rings. The van der Waals surface area contributed by atoms with E-state index in [0.29, 0.717) is 5.92 Å². The van der Waals surface area contributed by atoms with Gasteiger partial charge in [0.05, 0.1) is 0 Å². The van der Waals surface area contributed by atoms with E-state index in [2.05, 4.69) is 40.2 Å². The Bertz CT molecular complexity index is 456. The fourth-order valence-electron chi connectivity index (χ4n) is 2.67. The molecule has 108 valence electrons. The summed E-state index contributed by atoms with van der Waals surface area (Å²) in [6, 6.07) is 8.56. The third kappa shape index (κ3) is 4.48. The van der Waals surface area contributed by atoms with Gasteiger partial charge in [-0.1, -0.05) is 41.1 Å². The average Bonchev–Trinajstić information content (AvgIpc) is 2.47. The molecule has 0 aromatic heterocycles. The maximum Gasteiger partial charge on any atom is 0.330 e. The molecule has 2 rings (SSSR count). The van der Waals surface area contributed by atoms with Gasteiger partial charge < -0.3 is 4.74 Å². The van der Waals surface area contributed by atoms with Crippen LogP contribution in [0.1, 0.15) is 50.5 Å². The van der Waals surface area contributed by atoms with Gasteiger partial charge in [0, 0.05) is 10.5 Å². The summed E-state index contributed by atoms with van der Waals surface area (Å²) in [5, 5.41) is 0. The summed E-state index contributed by atoms with van der Waals surface area (Å²) in [5.41, 5.74) is 1.39. The van der Waals surface area contributed by atoms with Crippen LogP contribution in [-0.2, 0) is 9.53 Å². The Labute approximate surface area is 129 Å². The van der Waals surface area contributed by atoms with E-state index in [4.69, 9.17) is 4.74 Å². The summed E-state index contributed by atoms with van der Waals surface area (Å²) in [7, 11) is 0. The van der Waals surface area contributed by atoms with Crippen LogP contribution in [-0.4, -0.2) is 12.1 Å². The molecule has 0 saturated heterocycles. The number of ether oxygens (including phenoxy) is 1. The molecule has 1 saturated carbocycles. The van der Waals surface area contributed by atoms with Crippen LogP contribution in [0.3, 0.4) is 0 Å². The van der Waals surface area contributed by atoms with Crippen molar-refractivity contribution in [3.8, 4) is 0 Å². The molecule has 0 spiro atoms. The fraction of sp³-hybridized carbons (Fsp3) is 0.471. The third-order valence-corrected chi connectivity index (χ3v) is 4.32. The minimum absolute atomic E-state index is 0.0932. The number of rotatable bonds is 4. The Morgan fingerprint density at radius 1 is 1.25 bits per heavy atom. The molecule has 0 N–H and O–H groups in total. The summed E-state index contributed by atoms with van der Waals surface area (Å²) < 4.78 is 6.58. The van der Waals surface area contributed by atoms with Gasteiger partial charge in [0.2, 0.25) is 0 Å². The summed E-state index contributed by atoms with van der Waals surface area (Å²) in [5.74, 6) is 0.406. The molecule has 2 nitrogen and oxygen atoms in total. The van der Waals surface area contributed by atoms with Crippen LogP contribution in [0.2, 0.25) is 0 Å². The highest BCUT2D eigenvalue weighted by molar-refractivity contribution is 9.10. The van der Waals surface area contributed by atoms with E-state index in [0.717, 1.165) is 36.6 Å². The molecule has 1 aliphatic rings. The predicted molar refractivity (Wildman–Crippen MR) is 84.7 cm³/mol. The van der Waals surface area contributed by atoms with Gasteiger partial charge in [-0.3, -0.25) is 0 Å². The second-order valence-corrected chi connectivity index (χ2v) is 6.19. The van der Waals surface area contributed by atoms with Crippen LogP contribution in [0.15, 0.2) is 40.9 Å². The second-order valence-electron chi connectivity index (χ2n) is 5.27. The first-order valence-electron chi connectivity index (χ1n) is 7.31. The number of allylic oxidation sites excluding steroid dienone is 1. The van der Waals surface area contributed by atoms with Crippen LogP contribution < -0.4 is 0 Å². The van der Waals surface area contributed by atoms with Crippen molar-refractivity contribution in [1.29, 1.82) is 0 Å². The van der Waals surface area contributed by atoms with Crippen molar-refractivity contribution in [1.82, 2.24) is 0 Å². The largest absolute Gasteiger partial charge is 0.459 e. The second kappa shape index (κ2) is 7.63. The van der Waals surface area contributed by atoms with Crippen LogP contribution in [0.5, 0.6) is 0 Å². The van der Waals surface area contributed by atoms with Gasteiger partial charge in [0.25, 0.3) is 0 Å². The van der Waals surface area contributed by atoms with Crippen molar-refractivity contribution in [2.45, 2.75) is 51.0 Å². The number of hydrogen-bond donors (Lipinski definition) is 0. The summed E-state index contributed by atoms with van der Waals surface area (Å²) in [6.45, 7) is 2.01. The zero-order valence-electron chi connectivity index (χ0n) is 11.8. The zero-order valence-corrected chi connectivity index (χ0v) is 13.4. The maximum absolute atomic E-state index is 11.5. The van der Waals surface area contributed by atoms with E-state index >= 15 is 0 Å². The molecule has 1 aromatic carbocycles. The molecule has 0 heterocycles. The van der Waals surface area contributed by atoms with Gasteiger partial charge in [0.1, 0.15) is 6.10 Å². The normalized spacial score (nSPS) is 22.9. The zero-order chi connectivity index (χ0) is 14.4. The Morgan fingerprint density at radius 3 is 2.50 bits per heavy atom. The van der Waals surface area contributed by atoms with Crippen molar-refractivity contribution in [2.75, 3.05) is 0 Å². The molecule has 0 bridgehead atoms. The first kappa shape index (κ1) is 15.3. The van der Waals surface area contributed by atoms with Crippen molar-refractivity contribution in [2.24, 2.45) is 0 Å². The smallest absolute Gasteiger partial charge is 0.330 e. The van der Waals surface area contributed by atoms with Crippen LogP contribution in [0.25, 0.3) is 0 Å². The lowest BCUT2D eigenvalue weighted by molar-refractivity contribution is -0.144. The molecule has 0 radical (unpaired) electrons. The van der Waals surface area contributed by atoms with Crippen molar-refractivity contribution in [3.63, 3.8) is 0 Å². The average molecular weight is 337 g/mol. The number of carbonyl (C=O) groups is 1. The first-order chi connectivity index (χ1) is 9.69. The molecule has 1 fully saturated rings. The van der Waals surface area contributed by atoms with E-state index in [1.807, 2.05) is 13.0 Å². The minimum atomic E-state index is -0.195. The van der Waals surface area contributed by atoms with Crippen molar-refractivity contribution in [3.05, 3.63) is 46.5 Å². The highest BCUT2D eigenvalue weighted by Gasteiger charge is 2.24. The van der Waals surface area contributed by atoms with E-state index in [9.17, 15) is 4.79 Å². The van der Waals surface area contributed by atoms with Gasteiger partial charge in [-0.2, -0.15) is 0 Å². The monoisotopic (exact) mass is 336 g/mol. The van der Waals surface area contributed by atoms with Crippen LogP contribution >= 0.6 is 15.9 Å². The highest BCUT2D eigenvalue weighted by Crippen LogP contribution is 2.34. The lowest BCUT2D eigenvalue weighted by Gasteiger charge is -2.28. The summed E-state index contributed by atoms with van der Waals surface area (Å²) in [4.78, 5) is 11.5. The van der Waals surface area contributed by atoms with Crippen molar-refractivity contribution < 1.29 is 9.53 Å². The third-order valence-electron chi connectivity index (χ3n) is 3.79. The van der Waals surface area contributed by atoms with E-state index in [1.165, 1.54) is 5.56 Å². The topological polar surface area (TPSA) is 26.3 Å². The van der Waals surface area contributed by atoms with Gasteiger partial charge in [-0.15, -0.1) is 0 Å². The van der Waals surface area contributed by atoms with Gasteiger partial charge in [-0.05, 0) is 55.7 Å². The highest BCUT2D eigenvalue weighted by atomic mass is 79.9. The van der Waals surface area contributed by atoms with E-state index in [1.54, 1.807) is 6.08 Å². The lowest BCUT2D eigenvalue weighted by atomic mass is 9.83. The molecule has 0 aliphatic heterocycles.